The molecule has 6 nitrogen and oxygen atoms in total. The van der Waals surface area contributed by atoms with Crippen molar-refractivity contribution < 1.29 is 14.3 Å². The molecule has 0 atom stereocenters. The molecule has 0 unspecified atom stereocenters. The number of ether oxygens (including phenoxy) is 1. The van der Waals surface area contributed by atoms with Gasteiger partial charge in [0.2, 0.25) is 0 Å². The Morgan fingerprint density at radius 3 is 2.36 bits per heavy atom. The van der Waals surface area contributed by atoms with Crippen LogP contribution in [0.3, 0.4) is 0 Å². The third-order valence-electron chi connectivity index (χ3n) is 6.86. The van der Waals surface area contributed by atoms with Gasteiger partial charge in [0.1, 0.15) is 12.0 Å². The fourth-order valence-corrected chi connectivity index (χ4v) is 4.74. The third-order valence-corrected chi connectivity index (χ3v) is 6.86. The quantitative estimate of drug-likeness (QED) is 0.667. The first kappa shape index (κ1) is 22.8. The zero-order valence-corrected chi connectivity index (χ0v) is 19.1. The SMILES string of the molecule is Cc1cc(OC2CCC(NC(=O)c3ccc(N4CCC(C=O)CC4)cc3)CC2)ccc1C#N. The van der Waals surface area contributed by atoms with E-state index >= 15 is 0 Å². The standard InChI is InChI=1S/C27H31N3O3/c1-19-16-26(9-4-22(19)17-28)33-25-10-5-23(6-11-25)29-27(32)21-2-7-24(8-3-21)30-14-12-20(18-31)13-15-30/h2-4,7-9,16,18,20,23,25H,5-6,10-15H2,1H3,(H,29,32). The van der Waals surface area contributed by atoms with Crippen LogP contribution in [0.5, 0.6) is 5.75 Å². The summed E-state index contributed by atoms with van der Waals surface area (Å²) in [7, 11) is 0. The van der Waals surface area contributed by atoms with Crippen molar-refractivity contribution in [2.75, 3.05) is 18.0 Å². The Bertz CT molecular complexity index is 1010. The smallest absolute Gasteiger partial charge is 0.251 e. The first-order chi connectivity index (χ1) is 16.1. The van der Waals surface area contributed by atoms with E-state index in [4.69, 9.17) is 10.00 Å². The molecule has 1 saturated heterocycles. The molecule has 0 bridgehead atoms. The van der Waals surface area contributed by atoms with Gasteiger partial charge in [-0.3, -0.25) is 4.79 Å². The van der Waals surface area contributed by atoms with E-state index in [1.54, 1.807) is 6.07 Å². The number of amides is 1. The predicted molar refractivity (Wildman–Crippen MR) is 127 cm³/mol. The number of nitrogens with one attached hydrogen (secondary N) is 1. The van der Waals surface area contributed by atoms with Gasteiger partial charge in [-0.15, -0.1) is 0 Å². The number of carbonyl (C=O) groups is 2. The Morgan fingerprint density at radius 2 is 1.76 bits per heavy atom. The maximum absolute atomic E-state index is 12.7. The van der Waals surface area contributed by atoms with Crippen LogP contribution in [0.25, 0.3) is 0 Å². The van der Waals surface area contributed by atoms with Gasteiger partial charge in [0.25, 0.3) is 5.91 Å². The molecule has 0 aromatic heterocycles. The summed E-state index contributed by atoms with van der Waals surface area (Å²) in [6, 6.07) is 15.7. The van der Waals surface area contributed by atoms with Crippen molar-refractivity contribution in [3.05, 3.63) is 59.2 Å². The van der Waals surface area contributed by atoms with Gasteiger partial charge in [-0.1, -0.05) is 0 Å². The lowest BCUT2D eigenvalue weighted by Gasteiger charge is -2.31. The highest BCUT2D eigenvalue weighted by atomic mass is 16.5. The normalized spacial score (nSPS) is 21.2. The molecule has 1 aliphatic carbocycles. The van der Waals surface area contributed by atoms with E-state index in [2.05, 4.69) is 16.3 Å². The Hall–Kier alpha value is -3.33. The van der Waals surface area contributed by atoms with Gasteiger partial charge >= 0.3 is 0 Å². The van der Waals surface area contributed by atoms with E-state index in [-0.39, 0.29) is 24.0 Å². The van der Waals surface area contributed by atoms with Crippen molar-refractivity contribution in [1.29, 1.82) is 5.26 Å². The molecular weight excluding hydrogens is 414 g/mol. The number of aryl methyl sites for hydroxylation is 1. The summed E-state index contributed by atoms with van der Waals surface area (Å²) >= 11 is 0. The van der Waals surface area contributed by atoms with Gasteiger partial charge in [0.05, 0.1) is 17.7 Å². The zero-order chi connectivity index (χ0) is 23.2. The van der Waals surface area contributed by atoms with Crippen LogP contribution >= 0.6 is 0 Å². The summed E-state index contributed by atoms with van der Waals surface area (Å²) in [5.41, 5.74) is 3.37. The van der Waals surface area contributed by atoms with E-state index in [9.17, 15) is 9.59 Å². The van der Waals surface area contributed by atoms with E-state index < -0.39 is 0 Å². The van der Waals surface area contributed by atoms with E-state index in [0.717, 1.165) is 74.9 Å². The number of piperidine rings is 1. The number of aldehydes is 1. The first-order valence-corrected chi connectivity index (χ1v) is 11.8. The van der Waals surface area contributed by atoms with Crippen molar-refractivity contribution >= 4 is 17.9 Å². The second-order valence-corrected chi connectivity index (χ2v) is 9.16. The van der Waals surface area contributed by atoms with Crippen LogP contribution in [0.4, 0.5) is 5.69 Å². The lowest BCUT2D eigenvalue weighted by molar-refractivity contribution is -0.111. The molecule has 2 aliphatic rings. The topological polar surface area (TPSA) is 82.4 Å². The highest BCUT2D eigenvalue weighted by molar-refractivity contribution is 5.94. The minimum Gasteiger partial charge on any atom is -0.490 e. The molecule has 1 amide bonds. The Kier molecular flexibility index (Phi) is 7.29. The van der Waals surface area contributed by atoms with Crippen molar-refractivity contribution in [2.45, 2.75) is 57.6 Å². The number of anilines is 1. The summed E-state index contributed by atoms with van der Waals surface area (Å²) in [6.07, 6.45) is 6.53. The van der Waals surface area contributed by atoms with Crippen molar-refractivity contribution in [1.82, 2.24) is 5.32 Å². The third kappa shape index (κ3) is 5.73. The van der Waals surface area contributed by atoms with Gasteiger partial charge in [0, 0.05) is 36.3 Å². The van der Waals surface area contributed by atoms with Gasteiger partial charge in [-0.05, 0) is 93.5 Å². The van der Waals surface area contributed by atoms with E-state index in [1.165, 1.54) is 0 Å². The maximum atomic E-state index is 12.7. The fraction of sp³-hybridized carbons (Fsp3) is 0.444. The van der Waals surface area contributed by atoms with Crippen LogP contribution < -0.4 is 15.0 Å². The summed E-state index contributed by atoms with van der Waals surface area (Å²) in [6.45, 7) is 3.67. The molecule has 0 spiro atoms. The summed E-state index contributed by atoms with van der Waals surface area (Å²) in [5.74, 6) is 0.947. The average Bonchev–Trinajstić information content (AvgIpc) is 2.85. The number of nitrogens with zero attached hydrogens (tertiary/aromatic N) is 2. The van der Waals surface area contributed by atoms with Crippen molar-refractivity contribution in [3.8, 4) is 11.8 Å². The molecule has 1 N–H and O–H groups in total. The summed E-state index contributed by atoms with van der Waals surface area (Å²) in [4.78, 5) is 25.9. The van der Waals surface area contributed by atoms with Crippen molar-refractivity contribution in [2.24, 2.45) is 5.92 Å². The molecule has 172 valence electrons. The molecule has 33 heavy (non-hydrogen) atoms. The molecule has 6 heteroatoms. The molecule has 2 aromatic rings. The van der Waals surface area contributed by atoms with Crippen LogP contribution in [0.2, 0.25) is 0 Å². The van der Waals surface area contributed by atoms with E-state index in [0.29, 0.717) is 11.1 Å². The van der Waals surface area contributed by atoms with Gasteiger partial charge in [0.15, 0.2) is 0 Å². The molecule has 1 aliphatic heterocycles. The molecule has 0 radical (unpaired) electrons. The molecule has 4 rings (SSSR count). The lowest BCUT2D eigenvalue weighted by atomic mass is 9.92. The molecule has 2 aromatic carbocycles. The highest BCUT2D eigenvalue weighted by Gasteiger charge is 2.24. The van der Waals surface area contributed by atoms with Crippen LogP contribution in [0, 0.1) is 24.2 Å². The maximum Gasteiger partial charge on any atom is 0.251 e. The van der Waals surface area contributed by atoms with Crippen LogP contribution in [-0.2, 0) is 4.79 Å². The Balaban J connectivity index is 1.24. The Morgan fingerprint density at radius 1 is 1.06 bits per heavy atom. The van der Waals surface area contributed by atoms with Gasteiger partial charge in [-0.2, -0.15) is 5.26 Å². The summed E-state index contributed by atoms with van der Waals surface area (Å²) < 4.78 is 6.11. The summed E-state index contributed by atoms with van der Waals surface area (Å²) in [5, 5.41) is 12.2. The number of rotatable bonds is 6. The fourth-order valence-electron chi connectivity index (χ4n) is 4.74. The van der Waals surface area contributed by atoms with Crippen molar-refractivity contribution in [3.63, 3.8) is 0 Å². The number of hydrogen-bond donors (Lipinski definition) is 1. The largest absolute Gasteiger partial charge is 0.490 e. The predicted octanol–water partition coefficient (Wildman–Crippen LogP) is 4.40. The van der Waals surface area contributed by atoms with Crippen LogP contribution in [0.1, 0.15) is 60.0 Å². The van der Waals surface area contributed by atoms with E-state index in [1.807, 2.05) is 43.3 Å². The van der Waals surface area contributed by atoms with Gasteiger partial charge < -0.3 is 19.7 Å². The second kappa shape index (κ2) is 10.5. The molecule has 1 heterocycles. The second-order valence-electron chi connectivity index (χ2n) is 9.16. The molecule has 2 fully saturated rings. The van der Waals surface area contributed by atoms with Gasteiger partial charge in [-0.25, -0.2) is 0 Å². The lowest BCUT2D eigenvalue weighted by Crippen LogP contribution is -2.39. The Labute approximate surface area is 195 Å². The minimum absolute atomic E-state index is 0.0340. The zero-order valence-electron chi connectivity index (χ0n) is 19.1. The first-order valence-electron chi connectivity index (χ1n) is 11.8. The van der Waals surface area contributed by atoms with Crippen LogP contribution in [0.15, 0.2) is 42.5 Å². The molecular formula is C27H31N3O3. The number of carbonyl (C=O) groups excluding carboxylic acids is 2. The number of hydrogen-bond acceptors (Lipinski definition) is 5. The average molecular weight is 446 g/mol. The molecule has 1 saturated carbocycles. The number of benzene rings is 2. The highest BCUT2D eigenvalue weighted by Crippen LogP contribution is 2.26. The monoisotopic (exact) mass is 445 g/mol. The van der Waals surface area contributed by atoms with Crippen LogP contribution in [-0.4, -0.2) is 37.4 Å². The number of nitriles is 1. The minimum atomic E-state index is -0.0340.